The summed E-state index contributed by atoms with van der Waals surface area (Å²) in [6, 6.07) is -2.04. The van der Waals surface area contributed by atoms with Crippen LogP contribution in [0.25, 0.3) is 0 Å². The Morgan fingerprint density at radius 1 is 1.48 bits per heavy atom. The maximum atomic E-state index is 12.0. The number of nitrogens with zero attached hydrogens (tertiary/aromatic N) is 2. The minimum atomic E-state index is -4.78. The van der Waals surface area contributed by atoms with Gasteiger partial charge in [-0.2, -0.15) is 13.5 Å². The zero-order valence-corrected chi connectivity index (χ0v) is 14.5. The van der Waals surface area contributed by atoms with Gasteiger partial charge in [0.25, 0.3) is 5.91 Å². The first-order valence-electron chi connectivity index (χ1n) is 6.02. The third-order valence-electron chi connectivity index (χ3n) is 3.12. The summed E-state index contributed by atoms with van der Waals surface area (Å²) in [6.45, 7) is 2.13. The van der Waals surface area contributed by atoms with Crippen molar-refractivity contribution >= 4 is 51.9 Å². The van der Waals surface area contributed by atoms with Gasteiger partial charge in [-0.25, -0.2) is 10.3 Å². The zero-order valence-electron chi connectivity index (χ0n) is 11.7. The molecule has 12 heteroatoms. The fraction of sp³-hybridized carbons (Fsp3) is 0.778. The van der Waals surface area contributed by atoms with Gasteiger partial charge in [0.2, 0.25) is 0 Å². The summed E-state index contributed by atoms with van der Waals surface area (Å²) in [5.74, 6) is -0.479. The van der Waals surface area contributed by atoms with Gasteiger partial charge < -0.3 is 4.90 Å². The average molecular weight is 332 g/mol. The van der Waals surface area contributed by atoms with E-state index in [0.29, 0.717) is 17.9 Å². The number of hydrogen-bond donors (Lipinski definition) is 2. The van der Waals surface area contributed by atoms with Crippen molar-refractivity contribution in [2.75, 3.05) is 13.2 Å². The minimum Gasteiger partial charge on any atom is -0.309 e. The molecule has 2 aliphatic rings. The van der Waals surface area contributed by atoms with Crippen LogP contribution in [0.1, 0.15) is 19.8 Å². The first kappa shape index (κ1) is 18.6. The molecular formula is C9H15N3NaO7S. The maximum absolute atomic E-state index is 12.0. The van der Waals surface area contributed by atoms with Crippen LogP contribution >= 0.6 is 0 Å². The molecule has 10 nitrogen and oxygen atoms in total. The molecule has 0 aliphatic carbocycles. The van der Waals surface area contributed by atoms with E-state index in [9.17, 15) is 18.0 Å². The molecule has 2 fully saturated rings. The molecule has 2 bridgehead atoms. The van der Waals surface area contributed by atoms with Gasteiger partial charge in [-0.15, -0.1) is 4.28 Å². The van der Waals surface area contributed by atoms with E-state index in [1.54, 1.807) is 6.92 Å². The Labute approximate surface area is 143 Å². The fourth-order valence-corrected chi connectivity index (χ4v) is 2.70. The van der Waals surface area contributed by atoms with Crippen LogP contribution in [0.15, 0.2) is 0 Å². The molecule has 2 atom stereocenters. The molecule has 2 heterocycles. The average Bonchev–Trinajstić information content (AvgIpc) is 2.60. The molecule has 0 aromatic rings. The maximum Gasteiger partial charge on any atom is 0.418 e. The van der Waals surface area contributed by atoms with Crippen molar-refractivity contribution < 1.29 is 31.7 Å². The van der Waals surface area contributed by atoms with E-state index in [1.807, 2.05) is 0 Å². The van der Waals surface area contributed by atoms with Crippen LogP contribution in [-0.2, 0) is 24.3 Å². The molecule has 2 unspecified atom stereocenters. The SMILES string of the molecule is CCONC(=O)C1CCC2CN1C(=O)N2OS(=O)(=O)O.[Na]. The summed E-state index contributed by atoms with van der Waals surface area (Å²) in [4.78, 5) is 29.8. The van der Waals surface area contributed by atoms with Gasteiger partial charge in [0.15, 0.2) is 0 Å². The summed E-state index contributed by atoms with van der Waals surface area (Å²) in [7, 11) is -4.78. The molecule has 115 valence electrons. The second-order valence-electron chi connectivity index (χ2n) is 4.41. The second-order valence-corrected chi connectivity index (χ2v) is 5.41. The fourth-order valence-electron chi connectivity index (χ4n) is 2.32. The van der Waals surface area contributed by atoms with E-state index in [-0.39, 0.29) is 42.7 Å². The Morgan fingerprint density at radius 2 is 2.14 bits per heavy atom. The van der Waals surface area contributed by atoms with Gasteiger partial charge in [-0.3, -0.25) is 14.2 Å². The predicted molar refractivity (Wildman–Crippen MR) is 68.9 cm³/mol. The number of piperidine rings is 1. The van der Waals surface area contributed by atoms with Gasteiger partial charge in [0, 0.05) is 36.1 Å². The Bertz CT molecular complexity index is 513. The van der Waals surface area contributed by atoms with E-state index in [1.165, 1.54) is 4.90 Å². The first-order chi connectivity index (χ1) is 9.33. The van der Waals surface area contributed by atoms with E-state index < -0.39 is 34.4 Å². The van der Waals surface area contributed by atoms with Crippen molar-refractivity contribution in [2.45, 2.75) is 31.8 Å². The van der Waals surface area contributed by atoms with Crippen LogP contribution in [0, 0.1) is 0 Å². The molecule has 2 saturated heterocycles. The third-order valence-corrected chi connectivity index (χ3v) is 3.47. The number of amides is 3. The quantitative estimate of drug-likeness (QED) is 0.363. The summed E-state index contributed by atoms with van der Waals surface area (Å²) in [5, 5.41) is 0.587. The van der Waals surface area contributed by atoms with Gasteiger partial charge in [0.1, 0.15) is 6.04 Å². The Kier molecular flexibility index (Phi) is 6.40. The van der Waals surface area contributed by atoms with E-state index >= 15 is 0 Å². The second kappa shape index (κ2) is 7.22. The number of hydroxylamine groups is 3. The zero-order chi connectivity index (χ0) is 14.9. The van der Waals surface area contributed by atoms with Crippen LogP contribution in [0.4, 0.5) is 4.79 Å². The molecular weight excluding hydrogens is 317 g/mol. The third kappa shape index (κ3) is 4.28. The van der Waals surface area contributed by atoms with E-state index in [2.05, 4.69) is 9.76 Å². The standard InChI is InChI=1S/C9H15N3O7S.Na/c1-2-18-10-8(13)7-4-3-6-5-11(7)9(14)12(6)19-20(15,16)17;/h6-7H,2-5H2,1H3,(H,10,13)(H,15,16,17);. The van der Waals surface area contributed by atoms with Gasteiger partial charge in [0.05, 0.1) is 12.6 Å². The first-order valence-corrected chi connectivity index (χ1v) is 7.38. The van der Waals surface area contributed by atoms with E-state index in [0.717, 1.165) is 0 Å². The molecule has 1 radical (unpaired) electrons. The molecule has 2 rings (SSSR count). The van der Waals surface area contributed by atoms with Crippen LogP contribution in [0.3, 0.4) is 0 Å². The largest absolute Gasteiger partial charge is 0.418 e. The molecule has 0 spiro atoms. The van der Waals surface area contributed by atoms with E-state index in [4.69, 9.17) is 9.39 Å². The van der Waals surface area contributed by atoms with Crippen molar-refractivity contribution in [3.05, 3.63) is 0 Å². The monoisotopic (exact) mass is 332 g/mol. The van der Waals surface area contributed by atoms with Crippen molar-refractivity contribution in [3.8, 4) is 0 Å². The number of fused-ring (bicyclic) bond motifs is 2. The van der Waals surface area contributed by atoms with Crippen molar-refractivity contribution in [2.24, 2.45) is 0 Å². The Balaban J connectivity index is 0.00000220. The van der Waals surface area contributed by atoms with Crippen LogP contribution in [0.5, 0.6) is 0 Å². The number of carbonyl (C=O) groups is 2. The number of urea groups is 1. The summed E-state index contributed by atoms with van der Waals surface area (Å²) < 4.78 is 34.3. The van der Waals surface area contributed by atoms with Crippen molar-refractivity contribution in [1.82, 2.24) is 15.4 Å². The summed E-state index contributed by atoms with van der Waals surface area (Å²) in [6.07, 6.45) is 0.725. The molecule has 0 aromatic heterocycles. The van der Waals surface area contributed by atoms with Gasteiger partial charge >= 0.3 is 16.4 Å². The summed E-state index contributed by atoms with van der Waals surface area (Å²) in [5.41, 5.74) is 2.21. The van der Waals surface area contributed by atoms with Crippen molar-refractivity contribution in [1.29, 1.82) is 0 Å². The number of nitrogens with one attached hydrogen (secondary N) is 1. The molecule has 2 aliphatic heterocycles. The smallest absolute Gasteiger partial charge is 0.309 e. The van der Waals surface area contributed by atoms with Crippen LogP contribution < -0.4 is 5.48 Å². The Hall–Kier alpha value is -0.430. The number of rotatable bonds is 5. The molecule has 0 aromatic carbocycles. The molecule has 3 amide bonds. The van der Waals surface area contributed by atoms with Gasteiger partial charge in [-0.05, 0) is 19.8 Å². The van der Waals surface area contributed by atoms with Crippen LogP contribution in [-0.4, -0.2) is 89.7 Å². The molecule has 0 saturated carbocycles. The van der Waals surface area contributed by atoms with Crippen LogP contribution in [0.2, 0.25) is 0 Å². The molecule has 2 N–H and O–H groups in total. The predicted octanol–water partition coefficient (Wildman–Crippen LogP) is -1.32. The number of hydrogen-bond acceptors (Lipinski definition) is 6. The van der Waals surface area contributed by atoms with Crippen molar-refractivity contribution in [3.63, 3.8) is 0 Å². The molecule has 21 heavy (non-hydrogen) atoms. The summed E-state index contributed by atoms with van der Waals surface area (Å²) >= 11 is 0. The topological polar surface area (TPSA) is 125 Å². The minimum absolute atomic E-state index is 0. The Morgan fingerprint density at radius 3 is 2.71 bits per heavy atom. The normalized spacial score (nSPS) is 24.8. The van der Waals surface area contributed by atoms with Gasteiger partial charge in [-0.1, -0.05) is 0 Å². The number of carbonyl (C=O) groups excluding carboxylic acids is 2.